The van der Waals surface area contributed by atoms with E-state index in [2.05, 4.69) is 0 Å². The van der Waals surface area contributed by atoms with Crippen LogP contribution >= 0.6 is 8.03 Å². The minimum absolute atomic E-state index is 0.597. The van der Waals surface area contributed by atoms with Crippen molar-refractivity contribution in [2.24, 2.45) is 0 Å². The van der Waals surface area contributed by atoms with E-state index in [0.717, 1.165) is 17.5 Å². The summed E-state index contributed by atoms with van der Waals surface area (Å²) in [7, 11) is -2.61. The molecule has 0 N–H and O–H groups in total. The Morgan fingerprint density at radius 3 is 1.68 bits per heavy atom. The number of benzene rings is 2. The summed E-state index contributed by atoms with van der Waals surface area (Å²) in [6, 6.07) is 19.0. The molecular formula is C16H17O2P. The SMILES string of the molecule is CCCC(c1ccccc1)(c1ccccc1)[P+](=O)[O-]. The zero-order valence-corrected chi connectivity index (χ0v) is 11.8. The van der Waals surface area contributed by atoms with Gasteiger partial charge < -0.3 is 4.89 Å². The normalized spacial score (nSPS) is 12.2. The number of hydrogen-bond acceptors (Lipinski definition) is 2. The molecule has 0 saturated heterocycles. The molecule has 0 fully saturated rings. The number of hydrogen-bond donors (Lipinski definition) is 0. The van der Waals surface area contributed by atoms with Crippen molar-refractivity contribution in [3.8, 4) is 0 Å². The van der Waals surface area contributed by atoms with Crippen LogP contribution in [0.2, 0.25) is 0 Å². The fraction of sp³-hybridized carbons (Fsp3) is 0.250. The molecule has 0 aliphatic heterocycles. The third-order valence-corrected chi connectivity index (χ3v) is 4.79. The Bertz CT molecular complexity index is 498. The highest BCUT2D eigenvalue weighted by Gasteiger charge is 2.45. The van der Waals surface area contributed by atoms with Crippen molar-refractivity contribution in [2.75, 3.05) is 0 Å². The molecule has 0 radical (unpaired) electrons. The lowest BCUT2D eigenvalue weighted by Gasteiger charge is -2.26. The van der Waals surface area contributed by atoms with Gasteiger partial charge in [-0.3, -0.25) is 0 Å². The van der Waals surface area contributed by atoms with Crippen molar-refractivity contribution in [1.82, 2.24) is 0 Å². The first-order valence-electron chi connectivity index (χ1n) is 6.47. The minimum Gasteiger partial charge on any atom is -0.595 e. The first-order chi connectivity index (χ1) is 9.21. The lowest BCUT2D eigenvalue weighted by Crippen LogP contribution is -2.27. The molecule has 1 atom stereocenters. The summed E-state index contributed by atoms with van der Waals surface area (Å²) in [6.45, 7) is 2.01. The van der Waals surface area contributed by atoms with Gasteiger partial charge in [0.15, 0.2) is 0 Å². The summed E-state index contributed by atoms with van der Waals surface area (Å²) in [6.07, 6.45) is 1.41. The molecule has 2 rings (SSSR count). The lowest BCUT2D eigenvalue weighted by molar-refractivity contribution is -0.169. The van der Waals surface area contributed by atoms with Crippen LogP contribution in [0.3, 0.4) is 0 Å². The van der Waals surface area contributed by atoms with Crippen LogP contribution in [-0.4, -0.2) is 0 Å². The van der Waals surface area contributed by atoms with Crippen molar-refractivity contribution < 1.29 is 9.46 Å². The summed E-state index contributed by atoms with van der Waals surface area (Å²) >= 11 is 0. The van der Waals surface area contributed by atoms with Crippen LogP contribution in [0.4, 0.5) is 0 Å². The van der Waals surface area contributed by atoms with E-state index in [1.54, 1.807) is 0 Å². The highest BCUT2D eigenvalue weighted by atomic mass is 31.1. The molecule has 2 aromatic carbocycles. The Hall–Kier alpha value is -1.50. The fourth-order valence-electron chi connectivity index (χ4n) is 2.55. The van der Waals surface area contributed by atoms with Gasteiger partial charge in [-0.15, -0.1) is 0 Å². The molecule has 98 valence electrons. The quantitative estimate of drug-likeness (QED) is 0.776. The summed E-state index contributed by atoms with van der Waals surface area (Å²) < 4.78 is 12.0. The molecule has 3 heteroatoms. The van der Waals surface area contributed by atoms with E-state index in [4.69, 9.17) is 0 Å². The molecule has 0 spiro atoms. The third-order valence-electron chi connectivity index (χ3n) is 3.43. The molecule has 2 nitrogen and oxygen atoms in total. The van der Waals surface area contributed by atoms with Gasteiger partial charge in [-0.05, 0) is 0 Å². The predicted molar refractivity (Wildman–Crippen MR) is 76.2 cm³/mol. The van der Waals surface area contributed by atoms with E-state index in [1.807, 2.05) is 67.6 Å². The Balaban J connectivity index is 2.65. The highest BCUT2D eigenvalue weighted by Crippen LogP contribution is 2.50. The van der Waals surface area contributed by atoms with Gasteiger partial charge in [-0.2, -0.15) is 0 Å². The van der Waals surface area contributed by atoms with Crippen LogP contribution in [0.1, 0.15) is 30.9 Å². The van der Waals surface area contributed by atoms with Crippen LogP contribution < -0.4 is 4.89 Å². The largest absolute Gasteiger partial charge is 0.595 e. The molecule has 0 heterocycles. The molecule has 0 saturated carbocycles. The van der Waals surface area contributed by atoms with E-state index in [0.29, 0.717) is 6.42 Å². The van der Waals surface area contributed by atoms with Crippen LogP contribution in [-0.2, 0) is 9.72 Å². The first-order valence-corrected chi connectivity index (χ1v) is 7.65. The van der Waals surface area contributed by atoms with Crippen LogP contribution in [0.15, 0.2) is 60.7 Å². The zero-order valence-electron chi connectivity index (χ0n) is 11.0. The molecule has 0 aliphatic carbocycles. The van der Waals surface area contributed by atoms with Crippen molar-refractivity contribution in [2.45, 2.75) is 24.9 Å². The fourth-order valence-corrected chi connectivity index (χ4v) is 3.67. The highest BCUT2D eigenvalue weighted by molar-refractivity contribution is 7.38. The maximum Gasteiger partial charge on any atom is 0.325 e. The van der Waals surface area contributed by atoms with E-state index in [9.17, 15) is 9.46 Å². The molecule has 0 aromatic heterocycles. The van der Waals surface area contributed by atoms with E-state index >= 15 is 0 Å². The molecule has 0 amide bonds. The molecule has 0 aliphatic rings. The molecular weight excluding hydrogens is 255 g/mol. The second-order valence-electron chi connectivity index (χ2n) is 4.60. The average Bonchev–Trinajstić information content (AvgIpc) is 2.46. The Labute approximate surface area is 115 Å². The van der Waals surface area contributed by atoms with Gasteiger partial charge in [0.1, 0.15) is 0 Å². The topological polar surface area (TPSA) is 40.1 Å². The Morgan fingerprint density at radius 1 is 0.947 bits per heavy atom. The van der Waals surface area contributed by atoms with E-state index < -0.39 is 13.2 Å². The molecule has 0 bridgehead atoms. The van der Waals surface area contributed by atoms with Crippen molar-refractivity contribution in [3.63, 3.8) is 0 Å². The second kappa shape index (κ2) is 6.10. The Kier molecular flexibility index (Phi) is 4.47. The van der Waals surface area contributed by atoms with Gasteiger partial charge in [-0.1, -0.05) is 78.6 Å². The predicted octanol–water partition coefficient (Wildman–Crippen LogP) is 3.83. The van der Waals surface area contributed by atoms with Gasteiger partial charge in [0.25, 0.3) is 0 Å². The van der Waals surface area contributed by atoms with Crippen LogP contribution in [0, 0.1) is 0 Å². The van der Waals surface area contributed by atoms with Crippen molar-refractivity contribution in [3.05, 3.63) is 71.8 Å². The Morgan fingerprint density at radius 2 is 1.37 bits per heavy atom. The summed E-state index contributed by atoms with van der Waals surface area (Å²) in [5.74, 6) is 0. The second-order valence-corrected chi connectivity index (χ2v) is 5.88. The van der Waals surface area contributed by atoms with Crippen molar-refractivity contribution >= 4 is 8.03 Å². The standard InChI is InChI=1S/C16H17O2P/c1-2-13-16(19(17)18,14-9-5-3-6-10-14)15-11-7-4-8-12-15/h3-12H,2,13H2,1H3. The van der Waals surface area contributed by atoms with Gasteiger partial charge in [-0.25, -0.2) is 0 Å². The van der Waals surface area contributed by atoms with Crippen LogP contribution in [0.25, 0.3) is 0 Å². The first kappa shape index (κ1) is 13.9. The third kappa shape index (κ3) is 2.60. The van der Waals surface area contributed by atoms with E-state index in [-0.39, 0.29) is 0 Å². The van der Waals surface area contributed by atoms with Gasteiger partial charge >= 0.3 is 8.03 Å². The lowest BCUT2D eigenvalue weighted by atomic mass is 9.86. The maximum atomic E-state index is 12.0. The number of rotatable bonds is 5. The summed E-state index contributed by atoms with van der Waals surface area (Å²) in [5.41, 5.74) is 1.69. The molecule has 2 aromatic rings. The monoisotopic (exact) mass is 272 g/mol. The average molecular weight is 272 g/mol. The molecule has 19 heavy (non-hydrogen) atoms. The van der Waals surface area contributed by atoms with Gasteiger partial charge in [0.05, 0.1) is 0 Å². The van der Waals surface area contributed by atoms with Crippen LogP contribution in [0.5, 0.6) is 0 Å². The van der Waals surface area contributed by atoms with Gasteiger partial charge in [0, 0.05) is 17.5 Å². The molecule has 1 unspecified atom stereocenters. The smallest absolute Gasteiger partial charge is 0.325 e. The van der Waals surface area contributed by atoms with E-state index in [1.165, 1.54) is 0 Å². The van der Waals surface area contributed by atoms with Gasteiger partial charge in [0.2, 0.25) is 5.16 Å². The summed E-state index contributed by atoms with van der Waals surface area (Å²) in [5, 5.41) is -0.910. The summed E-state index contributed by atoms with van der Waals surface area (Å²) in [4.78, 5) is 12.0. The maximum absolute atomic E-state index is 12.0. The minimum atomic E-state index is -2.61. The zero-order chi connectivity index (χ0) is 13.7. The van der Waals surface area contributed by atoms with Crippen molar-refractivity contribution in [1.29, 1.82) is 0 Å².